The number of amides is 1. The van der Waals surface area contributed by atoms with Crippen LogP contribution in [0.4, 0.5) is 0 Å². The summed E-state index contributed by atoms with van der Waals surface area (Å²) >= 11 is 0. The molecule has 1 fully saturated rings. The van der Waals surface area contributed by atoms with Crippen LogP contribution in [-0.4, -0.2) is 30.4 Å². The van der Waals surface area contributed by atoms with Crippen molar-refractivity contribution in [2.24, 2.45) is 11.7 Å². The third-order valence-corrected chi connectivity index (χ3v) is 4.26. The van der Waals surface area contributed by atoms with E-state index in [0.717, 1.165) is 30.8 Å². The number of ether oxygens (including phenoxy) is 1. The molecule has 0 aromatic heterocycles. The third kappa shape index (κ3) is 4.49. The molecule has 4 nitrogen and oxygen atoms in total. The van der Waals surface area contributed by atoms with Crippen LogP contribution < -0.4 is 10.5 Å². The zero-order chi connectivity index (χ0) is 16.1. The van der Waals surface area contributed by atoms with E-state index >= 15 is 0 Å². The second kappa shape index (κ2) is 8.71. The van der Waals surface area contributed by atoms with Crippen LogP contribution >= 0.6 is 12.4 Å². The average molecular weight is 347 g/mol. The first-order chi connectivity index (χ1) is 11.3. The Balaban J connectivity index is 0.00000208. The largest absolute Gasteiger partial charge is 0.489 e. The number of nitrogens with zero attached hydrogens (tertiary/aromatic N) is 1. The van der Waals surface area contributed by atoms with Gasteiger partial charge in [0.25, 0.3) is 5.91 Å². The lowest BCUT2D eigenvalue weighted by Gasteiger charge is -2.16. The Kier molecular flexibility index (Phi) is 6.64. The Morgan fingerprint density at radius 3 is 2.46 bits per heavy atom. The molecule has 24 heavy (non-hydrogen) atoms. The smallest absolute Gasteiger partial charge is 0.253 e. The molecule has 1 saturated heterocycles. The summed E-state index contributed by atoms with van der Waals surface area (Å²) in [5.41, 5.74) is 7.51. The average Bonchev–Trinajstić information content (AvgIpc) is 3.10. The minimum Gasteiger partial charge on any atom is -0.489 e. The highest BCUT2D eigenvalue weighted by Gasteiger charge is 2.25. The summed E-state index contributed by atoms with van der Waals surface area (Å²) in [6, 6.07) is 17.4. The number of carbonyl (C=O) groups is 1. The van der Waals surface area contributed by atoms with Crippen LogP contribution in [0.2, 0.25) is 0 Å². The molecule has 0 bridgehead atoms. The highest BCUT2D eigenvalue weighted by molar-refractivity contribution is 5.94. The number of hydrogen-bond acceptors (Lipinski definition) is 3. The number of likely N-dealkylation sites (tertiary alicyclic amines) is 1. The summed E-state index contributed by atoms with van der Waals surface area (Å²) in [5, 5.41) is 0. The molecule has 5 heteroatoms. The molecule has 1 aliphatic heterocycles. The van der Waals surface area contributed by atoms with Crippen molar-refractivity contribution in [3.05, 3.63) is 65.7 Å². The van der Waals surface area contributed by atoms with E-state index in [-0.39, 0.29) is 18.3 Å². The predicted molar refractivity (Wildman–Crippen MR) is 97.5 cm³/mol. The van der Waals surface area contributed by atoms with E-state index in [1.54, 1.807) is 0 Å². The van der Waals surface area contributed by atoms with Crippen molar-refractivity contribution in [2.45, 2.75) is 13.0 Å². The number of halogens is 1. The first-order valence-electron chi connectivity index (χ1n) is 8.02. The van der Waals surface area contributed by atoms with Gasteiger partial charge in [0, 0.05) is 18.7 Å². The van der Waals surface area contributed by atoms with Crippen molar-refractivity contribution in [3.8, 4) is 5.75 Å². The maximum atomic E-state index is 12.4. The highest BCUT2D eigenvalue weighted by Crippen LogP contribution is 2.20. The molecule has 0 saturated carbocycles. The van der Waals surface area contributed by atoms with Crippen LogP contribution in [0.1, 0.15) is 22.3 Å². The van der Waals surface area contributed by atoms with Gasteiger partial charge < -0.3 is 15.4 Å². The van der Waals surface area contributed by atoms with Gasteiger partial charge in [-0.1, -0.05) is 30.3 Å². The van der Waals surface area contributed by atoms with Gasteiger partial charge in [0.1, 0.15) is 12.4 Å². The number of rotatable bonds is 5. The molecular formula is C19H23ClN2O2. The van der Waals surface area contributed by atoms with E-state index in [1.807, 2.05) is 59.5 Å². The van der Waals surface area contributed by atoms with E-state index in [2.05, 4.69) is 0 Å². The van der Waals surface area contributed by atoms with Gasteiger partial charge in [-0.2, -0.15) is 0 Å². The fourth-order valence-electron chi connectivity index (χ4n) is 2.83. The van der Waals surface area contributed by atoms with Crippen LogP contribution in [0, 0.1) is 5.92 Å². The van der Waals surface area contributed by atoms with Crippen molar-refractivity contribution in [1.82, 2.24) is 4.90 Å². The zero-order valence-corrected chi connectivity index (χ0v) is 14.4. The van der Waals surface area contributed by atoms with Gasteiger partial charge in [0.05, 0.1) is 0 Å². The molecule has 1 aliphatic rings. The zero-order valence-electron chi connectivity index (χ0n) is 13.6. The normalized spacial score (nSPS) is 16.5. The second-order valence-electron chi connectivity index (χ2n) is 5.94. The molecule has 0 radical (unpaired) electrons. The summed E-state index contributed by atoms with van der Waals surface area (Å²) in [6.07, 6.45) is 1.00. The number of nitrogens with two attached hydrogens (primary N) is 1. The van der Waals surface area contributed by atoms with E-state index in [4.69, 9.17) is 10.5 Å². The van der Waals surface area contributed by atoms with Crippen LogP contribution in [0.5, 0.6) is 5.75 Å². The summed E-state index contributed by atoms with van der Waals surface area (Å²) in [6.45, 7) is 2.74. The van der Waals surface area contributed by atoms with Crippen molar-refractivity contribution in [2.75, 3.05) is 19.6 Å². The SMILES string of the molecule is Cl.NCC1CCN(C(=O)c2ccc(OCc3ccccc3)cc2)C1. The summed E-state index contributed by atoms with van der Waals surface area (Å²) in [4.78, 5) is 14.3. The molecule has 1 atom stereocenters. The Bertz CT molecular complexity index is 646. The van der Waals surface area contributed by atoms with Gasteiger partial charge in [-0.05, 0) is 48.7 Å². The standard InChI is InChI=1S/C19H22N2O2.ClH/c20-12-16-10-11-21(13-16)19(22)17-6-8-18(9-7-17)23-14-15-4-2-1-3-5-15;/h1-9,16H,10-14,20H2;1H. The molecule has 128 valence electrons. The van der Waals surface area contributed by atoms with Crippen LogP contribution in [0.25, 0.3) is 0 Å². The first-order valence-corrected chi connectivity index (χ1v) is 8.02. The molecule has 0 spiro atoms. The van der Waals surface area contributed by atoms with E-state index in [1.165, 1.54) is 0 Å². The fourth-order valence-corrected chi connectivity index (χ4v) is 2.83. The Morgan fingerprint density at radius 1 is 1.12 bits per heavy atom. The van der Waals surface area contributed by atoms with Crippen molar-refractivity contribution < 1.29 is 9.53 Å². The first kappa shape index (κ1) is 18.3. The topological polar surface area (TPSA) is 55.6 Å². The van der Waals surface area contributed by atoms with Gasteiger partial charge in [-0.15, -0.1) is 12.4 Å². The van der Waals surface area contributed by atoms with Crippen LogP contribution in [0.3, 0.4) is 0 Å². The van der Waals surface area contributed by atoms with Gasteiger partial charge in [0.2, 0.25) is 0 Å². The lowest BCUT2D eigenvalue weighted by Crippen LogP contribution is -2.29. The third-order valence-electron chi connectivity index (χ3n) is 4.26. The van der Waals surface area contributed by atoms with Gasteiger partial charge in [0.15, 0.2) is 0 Å². The van der Waals surface area contributed by atoms with Gasteiger partial charge >= 0.3 is 0 Å². The molecule has 3 rings (SSSR count). The molecule has 2 N–H and O–H groups in total. The van der Waals surface area contributed by atoms with Crippen molar-refractivity contribution in [1.29, 1.82) is 0 Å². The van der Waals surface area contributed by atoms with Crippen molar-refractivity contribution in [3.63, 3.8) is 0 Å². The lowest BCUT2D eigenvalue weighted by atomic mass is 10.1. The van der Waals surface area contributed by atoms with Gasteiger partial charge in [-0.3, -0.25) is 4.79 Å². The summed E-state index contributed by atoms with van der Waals surface area (Å²) in [7, 11) is 0. The second-order valence-corrected chi connectivity index (χ2v) is 5.94. The number of hydrogen-bond donors (Lipinski definition) is 1. The van der Waals surface area contributed by atoms with Crippen LogP contribution in [-0.2, 0) is 6.61 Å². The summed E-state index contributed by atoms with van der Waals surface area (Å²) < 4.78 is 5.75. The van der Waals surface area contributed by atoms with E-state index < -0.39 is 0 Å². The molecule has 2 aromatic carbocycles. The maximum absolute atomic E-state index is 12.4. The quantitative estimate of drug-likeness (QED) is 0.905. The molecule has 1 unspecified atom stereocenters. The van der Waals surface area contributed by atoms with Gasteiger partial charge in [-0.25, -0.2) is 0 Å². The van der Waals surface area contributed by atoms with Crippen LogP contribution in [0.15, 0.2) is 54.6 Å². The number of benzene rings is 2. The molecule has 2 aromatic rings. The number of carbonyl (C=O) groups excluding carboxylic acids is 1. The highest BCUT2D eigenvalue weighted by atomic mass is 35.5. The van der Waals surface area contributed by atoms with E-state index in [9.17, 15) is 4.79 Å². The minimum atomic E-state index is 0. The Labute approximate surface area is 149 Å². The predicted octanol–water partition coefficient (Wildman–Crippen LogP) is 3.11. The minimum absolute atomic E-state index is 0. The molecular weight excluding hydrogens is 324 g/mol. The lowest BCUT2D eigenvalue weighted by molar-refractivity contribution is 0.0787. The van der Waals surface area contributed by atoms with E-state index in [0.29, 0.717) is 24.6 Å². The molecule has 1 amide bonds. The van der Waals surface area contributed by atoms with Crippen molar-refractivity contribution >= 4 is 18.3 Å². The fraction of sp³-hybridized carbons (Fsp3) is 0.316. The monoisotopic (exact) mass is 346 g/mol. The maximum Gasteiger partial charge on any atom is 0.253 e. The summed E-state index contributed by atoms with van der Waals surface area (Å²) in [5.74, 6) is 1.29. The Hall–Kier alpha value is -2.04. The molecule has 0 aliphatic carbocycles. The molecule has 1 heterocycles. The Morgan fingerprint density at radius 2 is 1.83 bits per heavy atom.